The number of aliphatic carboxylic acids is 2. The molecule has 12 rings (SSSR count). The normalized spacial score (nSPS) is 18.6. The highest BCUT2D eigenvalue weighted by molar-refractivity contribution is 5.75. The fourth-order valence-corrected chi connectivity index (χ4v) is 13.0. The number of nitrogens with zero attached hydrogens (tertiary/aromatic N) is 5. The molecule has 0 spiro atoms. The van der Waals surface area contributed by atoms with E-state index < -0.39 is 11.9 Å². The molecule has 4 aliphatic carbocycles. The monoisotopic (exact) mass is 1150 g/mol. The third-order valence-corrected chi connectivity index (χ3v) is 17.3. The minimum absolute atomic E-state index is 0. The maximum absolute atomic E-state index is 10.7. The molecule has 1 atom stereocenters. The number of aryl methyl sites for hydroxylation is 2. The van der Waals surface area contributed by atoms with Crippen molar-refractivity contribution in [3.63, 3.8) is 0 Å². The van der Waals surface area contributed by atoms with Gasteiger partial charge in [-0.2, -0.15) is 0 Å². The van der Waals surface area contributed by atoms with Crippen LogP contribution in [0.5, 0.6) is 0 Å². The summed E-state index contributed by atoms with van der Waals surface area (Å²) in [5.41, 5.74) is 8.18. The van der Waals surface area contributed by atoms with Crippen molar-refractivity contribution in [3.8, 4) is 0 Å². The minimum atomic E-state index is -0.826. The number of nitrogens with one attached hydrogen (secondary N) is 3. The van der Waals surface area contributed by atoms with E-state index in [0.717, 1.165) is 104 Å². The van der Waals surface area contributed by atoms with Crippen molar-refractivity contribution in [2.75, 3.05) is 36.8 Å². The molecule has 5 fully saturated rings. The van der Waals surface area contributed by atoms with Gasteiger partial charge in [0.1, 0.15) is 17.4 Å². The van der Waals surface area contributed by atoms with Gasteiger partial charge in [0.05, 0.1) is 6.42 Å². The number of carboxylic acid groups (broad SMARTS) is 2. The number of rotatable bonds is 12. The van der Waals surface area contributed by atoms with E-state index in [2.05, 4.69) is 73.4 Å². The van der Waals surface area contributed by atoms with Gasteiger partial charge in [-0.1, -0.05) is 156 Å². The summed E-state index contributed by atoms with van der Waals surface area (Å²) in [5.74, 6) is 4.92. The molecule has 0 bridgehead atoms. The highest BCUT2D eigenvalue weighted by atomic mass is 16.4. The van der Waals surface area contributed by atoms with Gasteiger partial charge in [-0.3, -0.25) is 14.6 Å². The van der Waals surface area contributed by atoms with Gasteiger partial charge >= 0.3 is 11.9 Å². The van der Waals surface area contributed by atoms with E-state index in [9.17, 15) is 14.4 Å². The van der Waals surface area contributed by atoms with Crippen molar-refractivity contribution in [1.82, 2.24) is 30.2 Å². The number of carbonyl (C=O) groups is 3. The average Bonchev–Trinajstić information content (AvgIpc) is 3.57. The molecule has 8 heterocycles. The Balaban J connectivity index is 0.000000219. The molecular weight excluding hydrogens is 1040 g/mol. The second-order valence-corrected chi connectivity index (χ2v) is 24.3. The Hall–Kier alpha value is -5.82. The molecule has 3 aliphatic heterocycles. The Morgan fingerprint density at radius 3 is 1.44 bits per heavy atom. The highest BCUT2D eigenvalue weighted by Gasteiger charge is 2.20. The quantitative estimate of drug-likeness (QED) is 0.0793. The van der Waals surface area contributed by atoms with Crippen molar-refractivity contribution in [2.24, 2.45) is 29.6 Å². The first-order valence-corrected chi connectivity index (χ1v) is 31.8. The van der Waals surface area contributed by atoms with Crippen molar-refractivity contribution in [3.05, 3.63) is 113 Å². The van der Waals surface area contributed by atoms with E-state index in [-0.39, 0.29) is 28.7 Å². The Morgan fingerprint density at radius 1 is 0.488 bits per heavy atom. The number of hydrogen-bond acceptors (Lipinski definition) is 11. The molecule has 4 saturated carbocycles. The largest absolute Gasteiger partial charge is 0.481 e. The lowest BCUT2D eigenvalue weighted by molar-refractivity contribution is -0.138. The average molecular weight is 1160 g/mol. The topological polar surface area (TPSA) is 192 Å². The molecule has 84 heavy (non-hydrogen) atoms. The van der Waals surface area contributed by atoms with Gasteiger partial charge in [0.2, 0.25) is 0 Å². The minimum Gasteiger partial charge on any atom is -0.481 e. The van der Waals surface area contributed by atoms with Gasteiger partial charge in [-0.25, -0.2) is 19.9 Å². The van der Waals surface area contributed by atoms with Crippen LogP contribution in [0.15, 0.2) is 79.3 Å². The number of aromatic nitrogens is 5. The fraction of sp³-hybridized carbons (Fsp3) is 0.634. The van der Waals surface area contributed by atoms with Crippen LogP contribution in [0, 0.1) is 29.6 Å². The Labute approximate surface area is 507 Å². The summed E-state index contributed by atoms with van der Waals surface area (Å²) >= 11 is 0. The molecule has 0 amide bonds. The Bertz CT molecular complexity index is 2500. The van der Waals surface area contributed by atoms with Crippen LogP contribution in [0.25, 0.3) is 11.0 Å². The third kappa shape index (κ3) is 27.0. The molecule has 13 nitrogen and oxygen atoms in total. The maximum atomic E-state index is 10.7. The number of piperidine rings is 1. The highest BCUT2D eigenvalue weighted by Crippen LogP contribution is 2.31. The summed E-state index contributed by atoms with van der Waals surface area (Å²) < 4.78 is 0. The van der Waals surface area contributed by atoms with Crippen molar-refractivity contribution < 1.29 is 24.6 Å². The number of carboxylic acids is 2. The zero-order valence-corrected chi connectivity index (χ0v) is 49.2. The lowest BCUT2D eigenvalue weighted by Crippen LogP contribution is -2.31. The predicted molar refractivity (Wildman–Crippen MR) is 348 cm³/mol. The molecule has 5 aromatic heterocycles. The van der Waals surface area contributed by atoms with Crippen LogP contribution < -0.4 is 16.0 Å². The molecule has 0 radical (unpaired) electrons. The molecule has 5 aromatic rings. The SMILES string of the molecule is C.C.C.CC(=O)CC1CCCCC1.O=C(O)CC1CCCCC1.O=C(O)Cc1cccnc1.c1cc2c(nc1CC1CCCCC1)NCCC2.c1cc2c(nc1CC1CCCNC1)NCCC2.c1cnc2nc(CC3CCCCC3)ccc2c1. The lowest BCUT2D eigenvalue weighted by atomic mass is 9.86. The number of ketones is 1. The van der Waals surface area contributed by atoms with E-state index >= 15 is 0 Å². The van der Waals surface area contributed by atoms with Crippen LogP contribution in [-0.2, 0) is 52.9 Å². The van der Waals surface area contributed by atoms with Crippen LogP contribution in [0.3, 0.4) is 0 Å². The van der Waals surface area contributed by atoms with Crippen molar-refractivity contribution in [1.29, 1.82) is 0 Å². The Morgan fingerprint density at radius 2 is 0.964 bits per heavy atom. The van der Waals surface area contributed by atoms with E-state index in [1.54, 1.807) is 31.5 Å². The van der Waals surface area contributed by atoms with E-state index in [1.807, 2.05) is 12.3 Å². The van der Waals surface area contributed by atoms with Gasteiger partial charge < -0.3 is 31.0 Å². The Kier molecular flexibility index (Phi) is 34.1. The van der Waals surface area contributed by atoms with Crippen LogP contribution in [0.4, 0.5) is 11.6 Å². The van der Waals surface area contributed by atoms with Gasteiger partial charge in [0.25, 0.3) is 0 Å². The first-order chi connectivity index (χ1) is 39.6. The number of fused-ring (bicyclic) bond motifs is 3. The van der Waals surface area contributed by atoms with Gasteiger partial charge in [-0.05, 0) is 179 Å². The second-order valence-electron chi connectivity index (χ2n) is 24.3. The maximum Gasteiger partial charge on any atom is 0.307 e. The van der Waals surface area contributed by atoms with Gasteiger partial charge in [-0.15, -0.1) is 0 Å². The molecule has 464 valence electrons. The number of Topliss-reactive ketones (excluding diaryl/α,β-unsaturated/α-hetero) is 1. The summed E-state index contributed by atoms with van der Waals surface area (Å²) in [7, 11) is 0. The summed E-state index contributed by atoms with van der Waals surface area (Å²) in [4.78, 5) is 53.4. The second kappa shape index (κ2) is 40.5. The molecule has 5 N–H and O–H groups in total. The van der Waals surface area contributed by atoms with E-state index in [0.29, 0.717) is 18.1 Å². The molecule has 13 heteroatoms. The number of hydrogen-bond donors (Lipinski definition) is 5. The first kappa shape index (κ1) is 70.7. The lowest BCUT2D eigenvalue weighted by Gasteiger charge is -2.23. The first-order valence-electron chi connectivity index (χ1n) is 31.8. The molecule has 0 aromatic carbocycles. The summed E-state index contributed by atoms with van der Waals surface area (Å²) in [5, 5.41) is 28.3. The van der Waals surface area contributed by atoms with E-state index in [1.165, 1.54) is 195 Å². The van der Waals surface area contributed by atoms with Crippen LogP contribution in [-0.4, -0.2) is 79.0 Å². The van der Waals surface area contributed by atoms with Crippen LogP contribution in [0.1, 0.15) is 230 Å². The molecular formula is C71H110N8O5. The fourth-order valence-electron chi connectivity index (χ4n) is 13.0. The van der Waals surface area contributed by atoms with Crippen LogP contribution in [0.2, 0.25) is 0 Å². The third-order valence-electron chi connectivity index (χ3n) is 17.3. The van der Waals surface area contributed by atoms with Crippen molar-refractivity contribution >= 4 is 40.4 Å². The number of anilines is 2. The summed E-state index contributed by atoms with van der Waals surface area (Å²) in [6, 6.07) is 20.8. The number of carbonyl (C=O) groups excluding carboxylic acids is 1. The van der Waals surface area contributed by atoms with Crippen LogP contribution >= 0.6 is 0 Å². The van der Waals surface area contributed by atoms with E-state index in [4.69, 9.17) is 20.2 Å². The zero-order valence-electron chi connectivity index (χ0n) is 49.2. The standard InChI is InChI=1S/C15H22N2.C15H18N2.C14H21N3.C9H16O.C8H14O2.C7H7NO2.3CH4/c2*1-2-5-12(6-3-1)11-14-9-8-13-7-4-10-16-15(13)17-14;1-3-11(10-15-7-1)9-13-6-5-12-4-2-8-16-14(12)17-13;1-8(10)7-9-5-3-2-4-6-9;9-8(10)6-7-4-2-1-3-5-7;9-7(10)4-6-2-1-3-8-5-6;;;/h8-9,12H,1-7,10-11H2,(H,16,17);4,7-10,12H,1-3,5-6,11H2;5-6,11,15H,1-4,7-10H2,(H,16,17);9H,2-7H2,1H3;7H,1-6H2,(H,9,10);1-3,5H,4H2,(H,9,10);3*1H4. The molecule has 7 aliphatic rings. The predicted octanol–water partition coefficient (Wildman–Crippen LogP) is 16.5. The summed E-state index contributed by atoms with van der Waals surface area (Å²) in [6.45, 7) is 6.22. The number of pyridine rings is 5. The summed E-state index contributed by atoms with van der Waals surface area (Å²) in [6.07, 6.45) is 44.0. The smallest absolute Gasteiger partial charge is 0.307 e. The molecule has 1 saturated heterocycles. The van der Waals surface area contributed by atoms with Gasteiger partial charge in [0.15, 0.2) is 5.65 Å². The zero-order chi connectivity index (χ0) is 56.7. The van der Waals surface area contributed by atoms with Gasteiger partial charge in [0, 0.05) is 67.0 Å². The molecule has 1 unspecified atom stereocenters. The van der Waals surface area contributed by atoms with Crippen molar-refractivity contribution in [2.45, 2.75) is 235 Å².